The second-order valence-corrected chi connectivity index (χ2v) is 5.07. The number of nitrogens with zero attached hydrogens (tertiary/aromatic N) is 5. The second-order valence-electron chi connectivity index (χ2n) is 4.69. The minimum absolute atomic E-state index is 0.575. The number of alkyl halides is 1. The van der Waals surface area contributed by atoms with E-state index in [-0.39, 0.29) is 0 Å². The van der Waals surface area contributed by atoms with Crippen molar-refractivity contribution >= 4 is 22.6 Å². The van der Waals surface area contributed by atoms with Gasteiger partial charge < -0.3 is 4.57 Å². The smallest absolute Gasteiger partial charge is 0.152 e. The van der Waals surface area contributed by atoms with Crippen LogP contribution < -0.4 is 0 Å². The van der Waals surface area contributed by atoms with E-state index >= 15 is 0 Å². The van der Waals surface area contributed by atoms with E-state index in [4.69, 9.17) is 11.6 Å². The van der Waals surface area contributed by atoms with Gasteiger partial charge in [-0.1, -0.05) is 12.1 Å². The Hall–Kier alpha value is -1.88. The number of aromatic nitrogens is 5. The highest BCUT2D eigenvalue weighted by Gasteiger charge is 2.10. The number of fused-ring (bicyclic) bond motifs is 1. The fourth-order valence-electron chi connectivity index (χ4n) is 2.36. The van der Waals surface area contributed by atoms with Crippen LogP contribution in [0.5, 0.6) is 0 Å². The zero-order valence-corrected chi connectivity index (χ0v) is 12.1. The van der Waals surface area contributed by atoms with Gasteiger partial charge in [0.15, 0.2) is 5.82 Å². The first-order chi connectivity index (χ1) is 9.78. The molecule has 1 aromatic carbocycles. The summed E-state index contributed by atoms with van der Waals surface area (Å²) in [5.41, 5.74) is 2.16. The molecule has 0 spiro atoms. The highest BCUT2D eigenvalue weighted by Crippen LogP contribution is 2.17. The summed E-state index contributed by atoms with van der Waals surface area (Å²) in [6.45, 7) is 0.816. The first-order valence-corrected chi connectivity index (χ1v) is 7.16. The van der Waals surface area contributed by atoms with Crippen molar-refractivity contribution < 1.29 is 0 Å². The van der Waals surface area contributed by atoms with Crippen molar-refractivity contribution in [1.29, 1.82) is 0 Å². The lowest BCUT2D eigenvalue weighted by Gasteiger charge is -2.06. The van der Waals surface area contributed by atoms with E-state index in [1.54, 1.807) is 11.0 Å². The van der Waals surface area contributed by atoms with Crippen molar-refractivity contribution in [3.05, 3.63) is 42.2 Å². The number of hydrogen-bond donors (Lipinski definition) is 0. The molecule has 2 aromatic heterocycles. The van der Waals surface area contributed by atoms with Gasteiger partial charge in [-0.05, 0) is 12.1 Å². The lowest BCUT2D eigenvalue weighted by Crippen LogP contribution is -2.08. The summed E-state index contributed by atoms with van der Waals surface area (Å²) in [5, 5.41) is 4.31. The molecule has 104 valence electrons. The number of aryl methyl sites for hydroxylation is 4. The van der Waals surface area contributed by atoms with Crippen molar-refractivity contribution in [3.8, 4) is 0 Å². The largest absolute Gasteiger partial charge is 0.327 e. The molecule has 6 heteroatoms. The van der Waals surface area contributed by atoms with E-state index in [9.17, 15) is 0 Å². The van der Waals surface area contributed by atoms with E-state index in [0.29, 0.717) is 5.88 Å². The lowest BCUT2D eigenvalue weighted by molar-refractivity contribution is 0.646. The molecule has 0 aliphatic heterocycles. The molecule has 5 nitrogen and oxygen atoms in total. The zero-order valence-electron chi connectivity index (χ0n) is 11.3. The van der Waals surface area contributed by atoms with Crippen LogP contribution in [0.25, 0.3) is 11.0 Å². The van der Waals surface area contributed by atoms with Gasteiger partial charge in [0.25, 0.3) is 0 Å². The van der Waals surface area contributed by atoms with E-state index in [2.05, 4.69) is 25.7 Å². The Morgan fingerprint density at radius 2 is 2.05 bits per heavy atom. The molecule has 0 N–H and O–H groups in total. The minimum atomic E-state index is 0.575. The van der Waals surface area contributed by atoms with Crippen LogP contribution in [0, 0.1) is 0 Å². The molecule has 0 aliphatic carbocycles. The van der Waals surface area contributed by atoms with Crippen LogP contribution in [0.2, 0.25) is 0 Å². The van der Waals surface area contributed by atoms with Gasteiger partial charge in [-0.25, -0.2) is 9.97 Å². The van der Waals surface area contributed by atoms with Gasteiger partial charge >= 0.3 is 0 Å². The molecule has 0 atom stereocenters. The summed E-state index contributed by atoms with van der Waals surface area (Å²) in [4.78, 5) is 8.92. The van der Waals surface area contributed by atoms with E-state index < -0.39 is 0 Å². The lowest BCUT2D eigenvalue weighted by atomic mass is 10.3. The van der Waals surface area contributed by atoms with Crippen LogP contribution in [-0.4, -0.2) is 30.2 Å². The average Bonchev–Trinajstić information content (AvgIpc) is 3.00. The molecule has 20 heavy (non-hydrogen) atoms. The molecule has 0 unspecified atom stereocenters. The van der Waals surface area contributed by atoms with Gasteiger partial charge in [-0.3, -0.25) is 4.68 Å². The standard InChI is InChI=1S/C14H16ClN5/c1-19-10-16-13(18-19)7-9-20-12-5-3-2-4-11(12)17-14(20)6-8-15/h2-5,10H,6-9H2,1H3. The molecular weight excluding hydrogens is 274 g/mol. The normalized spacial score (nSPS) is 11.3. The Kier molecular flexibility index (Phi) is 3.69. The van der Waals surface area contributed by atoms with E-state index in [1.807, 2.05) is 25.2 Å². The van der Waals surface area contributed by atoms with Crippen LogP contribution in [0.1, 0.15) is 11.6 Å². The molecule has 2 heterocycles. The van der Waals surface area contributed by atoms with E-state index in [0.717, 1.165) is 42.1 Å². The quantitative estimate of drug-likeness (QED) is 0.677. The summed E-state index contributed by atoms with van der Waals surface area (Å²) in [6, 6.07) is 8.16. The third kappa shape index (κ3) is 2.54. The fraction of sp³-hybridized carbons (Fsp3) is 0.357. The molecule has 0 saturated heterocycles. The van der Waals surface area contributed by atoms with Gasteiger partial charge in [0, 0.05) is 32.3 Å². The summed E-state index contributed by atoms with van der Waals surface area (Å²) >= 11 is 5.87. The Labute approximate surface area is 122 Å². The van der Waals surface area contributed by atoms with Gasteiger partial charge in [0.1, 0.15) is 12.2 Å². The molecule has 0 radical (unpaired) electrons. The highest BCUT2D eigenvalue weighted by atomic mass is 35.5. The number of imidazole rings is 1. The van der Waals surface area contributed by atoms with Crippen LogP contribution in [0.4, 0.5) is 0 Å². The molecule has 3 aromatic rings. The van der Waals surface area contributed by atoms with Crippen LogP contribution in [0.15, 0.2) is 30.6 Å². The van der Waals surface area contributed by atoms with Crippen molar-refractivity contribution in [2.24, 2.45) is 7.05 Å². The zero-order chi connectivity index (χ0) is 13.9. The maximum atomic E-state index is 5.87. The van der Waals surface area contributed by atoms with Crippen LogP contribution in [0.3, 0.4) is 0 Å². The average molecular weight is 290 g/mol. The highest BCUT2D eigenvalue weighted by molar-refractivity contribution is 6.17. The number of halogens is 1. The fourth-order valence-corrected chi connectivity index (χ4v) is 2.53. The minimum Gasteiger partial charge on any atom is -0.327 e. The maximum absolute atomic E-state index is 5.87. The predicted molar refractivity (Wildman–Crippen MR) is 78.9 cm³/mol. The van der Waals surface area contributed by atoms with Gasteiger partial charge in [-0.15, -0.1) is 11.6 Å². The monoisotopic (exact) mass is 289 g/mol. The van der Waals surface area contributed by atoms with Gasteiger partial charge in [0.2, 0.25) is 0 Å². The summed E-state index contributed by atoms with van der Waals surface area (Å²) < 4.78 is 3.94. The SMILES string of the molecule is Cn1cnc(CCn2c(CCCl)nc3ccccc32)n1. The predicted octanol–water partition coefficient (Wildman–Crippen LogP) is 2.19. The summed E-state index contributed by atoms with van der Waals surface area (Å²) in [6.07, 6.45) is 3.28. The van der Waals surface area contributed by atoms with Crippen LogP contribution in [-0.2, 0) is 26.4 Å². The van der Waals surface area contributed by atoms with Gasteiger partial charge in [0.05, 0.1) is 11.0 Å². The number of para-hydroxylation sites is 2. The van der Waals surface area contributed by atoms with Crippen molar-refractivity contribution in [2.45, 2.75) is 19.4 Å². The number of rotatable bonds is 5. The summed E-state index contributed by atoms with van der Waals surface area (Å²) in [7, 11) is 1.88. The molecule has 0 aliphatic rings. The Bertz CT molecular complexity index is 715. The van der Waals surface area contributed by atoms with E-state index in [1.165, 1.54) is 0 Å². The first kappa shape index (κ1) is 13.1. The molecule has 0 saturated carbocycles. The number of hydrogen-bond acceptors (Lipinski definition) is 3. The van der Waals surface area contributed by atoms with Crippen molar-refractivity contribution in [1.82, 2.24) is 24.3 Å². The Balaban J connectivity index is 1.90. The number of benzene rings is 1. The molecular formula is C14H16ClN5. The van der Waals surface area contributed by atoms with Crippen LogP contribution >= 0.6 is 11.6 Å². The first-order valence-electron chi connectivity index (χ1n) is 6.62. The topological polar surface area (TPSA) is 48.5 Å². The molecule has 0 bridgehead atoms. The van der Waals surface area contributed by atoms with Crippen molar-refractivity contribution in [3.63, 3.8) is 0 Å². The maximum Gasteiger partial charge on any atom is 0.152 e. The summed E-state index contributed by atoms with van der Waals surface area (Å²) in [5.74, 6) is 2.45. The third-order valence-corrected chi connectivity index (χ3v) is 3.45. The molecule has 3 rings (SSSR count). The molecule has 0 fully saturated rings. The Morgan fingerprint density at radius 1 is 1.20 bits per heavy atom. The Morgan fingerprint density at radius 3 is 2.80 bits per heavy atom. The second kappa shape index (κ2) is 5.63. The third-order valence-electron chi connectivity index (χ3n) is 3.26. The van der Waals surface area contributed by atoms with Crippen molar-refractivity contribution in [2.75, 3.05) is 5.88 Å². The van der Waals surface area contributed by atoms with Gasteiger partial charge in [-0.2, -0.15) is 5.10 Å². The molecule has 0 amide bonds.